The van der Waals surface area contributed by atoms with E-state index in [1.54, 1.807) is 0 Å². The van der Waals surface area contributed by atoms with Crippen molar-refractivity contribution in [3.8, 4) is 0 Å². The molecule has 0 aliphatic rings. The fourth-order valence-electron chi connectivity index (χ4n) is 2.07. The summed E-state index contributed by atoms with van der Waals surface area (Å²) in [6.45, 7) is 0. The molecule has 0 unspecified atom stereocenters. The van der Waals surface area contributed by atoms with Gasteiger partial charge in [-0.2, -0.15) is 0 Å². The maximum Gasteiger partial charge on any atom is 0.0491 e. The molecular formula is C14H8Cl2. The first kappa shape index (κ1) is 9.95. The number of halogens is 2. The van der Waals surface area contributed by atoms with Gasteiger partial charge in [0.2, 0.25) is 0 Å². The van der Waals surface area contributed by atoms with Crippen LogP contribution in [-0.4, -0.2) is 0 Å². The molecule has 0 N–H and O–H groups in total. The molecule has 0 atom stereocenters. The van der Waals surface area contributed by atoms with Crippen molar-refractivity contribution in [2.45, 2.75) is 0 Å². The summed E-state index contributed by atoms with van der Waals surface area (Å²) in [6, 6.07) is 15.9. The van der Waals surface area contributed by atoms with Gasteiger partial charge in [-0.1, -0.05) is 59.6 Å². The second kappa shape index (κ2) is 3.65. The predicted octanol–water partition coefficient (Wildman–Crippen LogP) is 5.30. The van der Waals surface area contributed by atoms with Crippen molar-refractivity contribution in [3.05, 3.63) is 58.6 Å². The van der Waals surface area contributed by atoms with E-state index >= 15 is 0 Å². The molecule has 0 saturated carbocycles. The summed E-state index contributed by atoms with van der Waals surface area (Å²) < 4.78 is 0. The van der Waals surface area contributed by atoms with Crippen LogP contribution in [-0.2, 0) is 0 Å². The molecule has 0 fully saturated rings. The number of rotatable bonds is 0. The van der Waals surface area contributed by atoms with Crippen molar-refractivity contribution >= 4 is 44.7 Å². The Morgan fingerprint density at radius 1 is 0.562 bits per heavy atom. The molecule has 0 nitrogen and oxygen atoms in total. The number of benzene rings is 3. The van der Waals surface area contributed by atoms with E-state index < -0.39 is 0 Å². The number of hydrogen-bond donors (Lipinski definition) is 0. The van der Waals surface area contributed by atoms with Gasteiger partial charge in [-0.15, -0.1) is 0 Å². The molecule has 0 radical (unpaired) electrons. The van der Waals surface area contributed by atoms with Gasteiger partial charge in [0, 0.05) is 20.8 Å². The van der Waals surface area contributed by atoms with Gasteiger partial charge in [0.15, 0.2) is 0 Å². The minimum absolute atomic E-state index is 0.746. The van der Waals surface area contributed by atoms with Gasteiger partial charge in [-0.3, -0.25) is 0 Å². The Balaban J connectivity index is 2.67. The van der Waals surface area contributed by atoms with Crippen LogP contribution in [0.25, 0.3) is 21.5 Å². The molecule has 0 bridgehead atoms. The van der Waals surface area contributed by atoms with Crippen LogP contribution in [0.4, 0.5) is 0 Å². The van der Waals surface area contributed by atoms with E-state index in [2.05, 4.69) is 12.1 Å². The molecule has 0 saturated heterocycles. The summed E-state index contributed by atoms with van der Waals surface area (Å²) in [5, 5.41) is 5.80. The molecule has 0 aliphatic heterocycles. The minimum Gasteiger partial charge on any atom is -0.0836 e. The quantitative estimate of drug-likeness (QED) is 0.473. The van der Waals surface area contributed by atoms with E-state index in [1.165, 1.54) is 0 Å². The fourth-order valence-corrected chi connectivity index (χ4v) is 2.62. The Labute approximate surface area is 103 Å². The standard InChI is InChI=1S/C14H8Cl2/c15-11-5-1-3-9-7-8-10-4-2-6-12(16)14(10)13(9)11/h1-8H. The summed E-state index contributed by atoms with van der Waals surface area (Å²) >= 11 is 12.5. The van der Waals surface area contributed by atoms with Crippen LogP contribution in [0, 0.1) is 0 Å². The van der Waals surface area contributed by atoms with E-state index in [0.717, 1.165) is 31.6 Å². The third-order valence-electron chi connectivity index (χ3n) is 2.78. The average Bonchev–Trinajstić information content (AvgIpc) is 2.29. The minimum atomic E-state index is 0.746. The SMILES string of the molecule is Clc1cccc2ccc3cccc(Cl)c3c12. The molecule has 0 amide bonds. The first-order chi connectivity index (χ1) is 7.77. The monoisotopic (exact) mass is 246 g/mol. The molecule has 3 rings (SSSR count). The maximum atomic E-state index is 6.25. The van der Waals surface area contributed by atoms with Crippen molar-refractivity contribution in [3.63, 3.8) is 0 Å². The van der Waals surface area contributed by atoms with Gasteiger partial charge in [0.05, 0.1) is 0 Å². The second-order valence-corrected chi connectivity index (χ2v) is 4.56. The largest absolute Gasteiger partial charge is 0.0836 e. The van der Waals surface area contributed by atoms with Crippen LogP contribution in [0.2, 0.25) is 10.0 Å². The van der Waals surface area contributed by atoms with Gasteiger partial charge < -0.3 is 0 Å². The molecule has 16 heavy (non-hydrogen) atoms. The molecule has 3 aromatic rings. The van der Waals surface area contributed by atoms with Crippen molar-refractivity contribution in [1.29, 1.82) is 0 Å². The highest BCUT2D eigenvalue weighted by molar-refractivity contribution is 6.42. The first-order valence-electron chi connectivity index (χ1n) is 5.03. The van der Waals surface area contributed by atoms with Gasteiger partial charge in [-0.05, 0) is 22.9 Å². The van der Waals surface area contributed by atoms with Crippen LogP contribution in [0.1, 0.15) is 0 Å². The molecule has 0 heterocycles. The Kier molecular flexibility index (Phi) is 2.27. The van der Waals surface area contributed by atoms with Crippen molar-refractivity contribution < 1.29 is 0 Å². The van der Waals surface area contributed by atoms with Gasteiger partial charge in [-0.25, -0.2) is 0 Å². The smallest absolute Gasteiger partial charge is 0.0491 e. The lowest BCUT2D eigenvalue weighted by molar-refractivity contribution is 1.76. The van der Waals surface area contributed by atoms with E-state index in [0.29, 0.717) is 0 Å². The lowest BCUT2D eigenvalue weighted by atomic mass is 10.0. The van der Waals surface area contributed by atoms with Crippen molar-refractivity contribution in [1.82, 2.24) is 0 Å². The molecular weight excluding hydrogens is 239 g/mol. The lowest BCUT2D eigenvalue weighted by Gasteiger charge is -2.07. The highest BCUT2D eigenvalue weighted by Crippen LogP contribution is 2.35. The Hall–Kier alpha value is -1.24. The number of hydrogen-bond acceptors (Lipinski definition) is 0. The predicted molar refractivity (Wildman–Crippen MR) is 71.5 cm³/mol. The van der Waals surface area contributed by atoms with E-state index in [1.807, 2.05) is 36.4 Å². The molecule has 0 aliphatic carbocycles. The number of fused-ring (bicyclic) bond motifs is 3. The molecule has 3 aromatic carbocycles. The highest BCUT2D eigenvalue weighted by atomic mass is 35.5. The van der Waals surface area contributed by atoms with Gasteiger partial charge >= 0.3 is 0 Å². The maximum absolute atomic E-state index is 6.25. The van der Waals surface area contributed by atoms with Crippen LogP contribution in [0.5, 0.6) is 0 Å². The summed E-state index contributed by atoms with van der Waals surface area (Å²) in [7, 11) is 0. The van der Waals surface area contributed by atoms with Gasteiger partial charge in [0.25, 0.3) is 0 Å². The molecule has 2 heteroatoms. The highest BCUT2D eigenvalue weighted by Gasteiger charge is 2.06. The Morgan fingerprint density at radius 2 is 1.00 bits per heavy atom. The fraction of sp³-hybridized carbons (Fsp3) is 0. The zero-order valence-electron chi connectivity index (χ0n) is 8.37. The summed E-state index contributed by atoms with van der Waals surface area (Å²) in [4.78, 5) is 0. The average molecular weight is 247 g/mol. The molecule has 0 spiro atoms. The van der Waals surface area contributed by atoms with Crippen molar-refractivity contribution in [2.75, 3.05) is 0 Å². The normalized spacial score (nSPS) is 11.1. The van der Waals surface area contributed by atoms with Crippen LogP contribution in [0.3, 0.4) is 0 Å². The van der Waals surface area contributed by atoms with E-state index in [4.69, 9.17) is 23.2 Å². The zero-order chi connectivity index (χ0) is 11.1. The summed E-state index contributed by atoms with van der Waals surface area (Å²) in [5.74, 6) is 0. The van der Waals surface area contributed by atoms with Crippen LogP contribution in [0.15, 0.2) is 48.5 Å². The summed E-state index contributed by atoms with van der Waals surface area (Å²) in [6.07, 6.45) is 0. The van der Waals surface area contributed by atoms with Crippen molar-refractivity contribution in [2.24, 2.45) is 0 Å². The van der Waals surface area contributed by atoms with E-state index in [-0.39, 0.29) is 0 Å². The van der Waals surface area contributed by atoms with Crippen LogP contribution < -0.4 is 0 Å². The van der Waals surface area contributed by atoms with E-state index in [9.17, 15) is 0 Å². The lowest BCUT2D eigenvalue weighted by Crippen LogP contribution is -1.80. The topological polar surface area (TPSA) is 0 Å². The molecule has 0 aromatic heterocycles. The Bertz CT molecular complexity index is 626. The third-order valence-corrected chi connectivity index (χ3v) is 3.41. The van der Waals surface area contributed by atoms with Crippen LogP contribution >= 0.6 is 23.2 Å². The Morgan fingerprint density at radius 3 is 1.44 bits per heavy atom. The molecule has 78 valence electrons. The second-order valence-electron chi connectivity index (χ2n) is 3.74. The first-order valence-corrected chi connectivity index (χ1v) is 5.78. The van der Waals surface area contributed by atoms with Gasteiger partial charge in [0.1, 0.15) is 0 Å². The third kappa shape index (κ3) is 1.38. The zero-order valence-corrected chi connectivity index (χ0v) is 9.89. The summed E-state index contributed by atoms with van der Waals surface area (Å²) in [5.41, 5.74) is 0.